The standard InChI is InChI=1S/C20H20FN7O2/c1-20(2,30)15-4-3-14(8-16(15)21)24-18(29)11-27-10-13(9-23-27)12-5-6-28-17(7-12)25-19(22)26-28/h3-10,30H,11H2,1-2H3,(H2,22,26)(H,24,29). The van der Waals surface area contributed by atoms with Crippen LogP contribution in [0.1, 0.15) is 19.4 Å². The summed E-state index contributed by atoms with van der Waals surface area (Å²) >= 11 is 0. The lowest BCUT2D eigenvalue weighted by Gasteiger charge is -2.19. The predicted molar refractivity (Wildman–Crippen MR) is 109 cm³/mol. The van der Waals surface area contributed by atoms with Gasteiger partial charge in [0.1, 0.15) is 12.4 Å². The van der Waals surface area contributed by atoms with E-state index in [9.17, 15) is 14.3 Å². The predicted octanol–water partition coefficient (Wildman–Crippen LogP) is 2.18. The maximum absolute atomic E-state index is 14.2. The lowest BCUT2D eigenvalue weighted by atomic mass is 9.97. The van der Waals surface area contributed by atoms with Crippen LogP contribution in [0.3, 0.4) is 0 Å². The van der Waals surface area contributed by atoms with E-state index in [1.165, 1.54) is 30.7 Å². The van der Waals surface area contributed by atoms with E-state index in [4.69, 9.17) is 5.73 Å². The Kier molecular flexibility index (Phi) is 4.70. The van der Waals surface area contributed by atoms with E-state index in [0.29, 0.717) is 11.3 Å². The Morgan fingerprint density at radius 2 is 2.07 bits per heavy atom. The number of carbonyl (C=O) groups is 1. The molecular weight excluding hydrogens is 389 g/mol. The molecular formula is C20H20FN7O2. The van der Waals surface area contributed by atoms with Crippen molar-refractivity contribution < 1.29 is 14.3 Å². The van der Waals surface area contributed by atoms with Gasteiger partial charge in [0.15, 0.2) is 5.65 Å². The van der Waals surface area contributed by atoms with Crippen LogP contribution >= 0.6 is 0 Å². The number of nitrogens with zero attached hydrogens (tertiary/aromatic N) is 5. The highest BCUT2D eigenvalue weighted by atomic mass is 19.1. The van der Waals surface area contributed by atoms with Gasteiger partial charge in [-0.25, -0.2) is 8.91 Å². The van der Waals surface area contributed by atoms with E-state index in [-0.39, 0.29) is 24.0 Å². The lowest BCUT2D eigenvalue weighted by molar-refractivity contribution is -0.116. The van der Waals surface area contributed by atoms with Gasteiger partial charge in [0.2, 0.25) is 11.9 Å². The van der Waals surface area contributed by atoms with Crippen molar-refractivity contribution >= 4 is 23.2 Å². The van der Waals surface area contributed by atoms with Gasteiger partial charge < -0.3 is 16.2 Å². The van der Waals surface area contributed by atoms with Crippen molar-refractivity contribution in [1.29, 1.82) is 0 Å². The molecule has 30 heavy (non-hydrogen) atoms. The van der Waals surface area contributed by atoms with Gasteiger partial charge in [0.05, 0.1) is 11.8 Å². The highest BCUT2D eigenvalue weighted by molar-refractivity contribution is 5.90. The van der Waals surface area contributed by atoms with Gasteiger partial charge in [-0.3, -0.25) is 9.48 Å². The maximum atomic E-state index is 14.2. The number of rotatable bonds is 5. The van der Waals surface area contributed by atoms with Crippen LogP contribution in [0, 0.1) is 5.82 Å². The zero-order valence-electron chi connectivity index (χ0n) is 16.4. The molecule has 0 bridgehead atoms. The zero-order chi connectivity index (χ0) is 21.5. The average molecular weight is 409 g/mol. The number of nitrogens with one attached hydrogen (secondary N) is 1. The number of nitrogens with two attached hydrogens (primary N) is 1. The second kappa shape index (κ2) is 7.23. The fourth-order valence-electron chi connectivity index (χ4n) is 3.11. The number of halogens is 1. The van der Waals surface area contributed by atoms with Crippen LogP contribution < -0.4 is 11.1 Å². The van der Waals surface area contributed by atoms with Crippen molar-refractivity contribution in [3.63, 3.8) is 0 Å². The molecule has 0 aliphatic carbocycles. The first kappa shape index (κ1) is 19.5. The number of aromatic nitrogens is 5. The first-order valence-corrected chi connectivity index (χ1v) is 9.16. The van der Waals surface area contributed by atoms with Crippen LogP contribution in [0.4, 0.5) is 16.0 Å². The Balaban J connectivity index is 1.45. The van der Waals surface area contributed by atoms with E-state index in [1.54, 1.807) is 29.2 Å². The molecule has 0 spiro atoms. The molecule has 0 aliphatic heterocycles. The second-order valence-corrected chi connectivity index (χ2v) is 7.42. The van der Waals surface area contributed by atoms with Crippen LogP contribution in [0.25, 0.3) is 16.8 Å². The molecule has 4 rings (SSSR count). The van der Waals surface area contributed by atoms with Gasteiger partial charge in [0.25, 0.3) is 0 Å². The first-order chi connectivity index (χ1) is 14.2. The van der Waals surface area contributed by atoms with Gasteiger partial charge in [0, 0.05) is 29.2 Å². The van der Waals surface area contributed by atoms with Crippen LogP contribution in [0.5, 0.6) is 0 Å². The third kappa shape index (κ3) is 3.98. The van der Waals surface area contributed by atoms with Gasteiger partial charge in [-0.05, 0) is 43.7 Å². The largest absolute Gasteiger partial charge is 0.386 e. The number of carbonyl (C=O) groups excluding carboxylic acids is 1. The summed E-state index contributed by atoms with van der Waals surface area (Å²) in [5.74, 6) is -0.765. The minimum atomic E-state index is -1.31. The summed E-state index contributed by atoms with van der Waals surface area (Å²) in [6, 6.07) is 7.83. The Labute approximate surface area is 171 Å². The fourth-order valence-corrected chi connectivity index (χ4v) is 3.11. The molecule has 9 nitrogen and oxygen atoms in total. The summed E-state index contributed by atoms with van der Waals surface area (Å²) in [7, 11) is 0. The smallest absolute Gasteiger partial charge is 0.246 e. The molecule has 0 radical (unpaired) electrons. The summed E-state index contributed by atoms with van der Waals surface area (Å²) in [6.07, 6.45) is 5.10. The topological polar surface area (TPSA) is 123 Å². The first-order valence-electron chi connectivity index (χ1n) is 9.16. The average Bonchev–Trinajstić information content (AvgIpc) is 3.25. The summed E-state index contributed by atoms with van der Waals surface area (Å²) in [4.78, 5) is 16.4. The fraction of sp³-hybridized carbons (Fsp3) is 0.200. The third-order valence-electron chi connectivity index (χ3n) is 4.54. The summed E-state index contributed by atoms with van der Waals surface area (Å²) in [5.41, 5.74) is 7.00. The normalized spacial score (nSPS) is 11.7. The molecule has 1 amide bonds. The van der Waals surface area contributed by atoms with E-state index >= 15 is 0 Å². The molecule has 3 aromatic heterocycles. The molecule has 0 fully saturated rings. The molecule has 0 aliphatic rings. The van der Waals surface area contributed by atoms with E-state index in [1.807, 2.05) is 12.1 Å². The third-order valence-corrected chi connectivity index (χ3v) is 4.54. The maximum Gasteiger partial charge on any atom is 0.246 e. The molecule has 0 saturated carbocycles. The number of hydrogen-bond acceptors (Lipinski definition) is 6. The van der Waals surface area contributed by atoms with Crippen LogP contribution in [-0.2, 0) is 16.9 Å². The molecule has 0 unspecified atom stereocenters. The van der Waals surface area contributed by atoms with Gasteiger partial charge >= 0.3 is 0 Å². The molecule has 0 atom stereocenters. The van der Waals surface area contributed by atoms with Gasteiger partial charge in [-0.1, -0.05) is 6.07 Å². The molecule has 0 saturated heterocycles. The number of aliphatic hydroxyl groups is 1. The molecule has 4 N–H and O–H groups in total. The molecule has 4 aromatic rings. The van der Waals surface area contributed by atoms with Crippen molar-refractivity contribution in [2.45, 2.75) is 26.0 Å². The number of fused-ring (bicyclic) bond motifs is 1. The number of amides is 1. The monoisotopic (exact) mass is 409 g/mol. The quantitative estimate of drug-likeness (QED) is 0.464. The van der Waals surface area contributed by atoms with Crippen molar-refractivity contribution in [3.05, 3.63) is 60.3 Å². The number of benzene rings is 1. The highest BCUT2D eigenvalue weighted by Gasteiger charge is 2.20. The van der Waals surface area contributed by atoms with Crippen LogP contribution in [0.2, 0.25) is 0 Å². The number of nitrogen functional groups attached to an aromatic ring is 1. The summed E-state index contributed by atoms with van der Waals surface area (Å²) in [6.45, 7) is 2.94. The second-order valence-electron chi connectivity index (χ2n) is 7.42. The van der Waals surface area contributed by atoms with Crippen LogP contribution in [-0.4, -0.2) is 35.4 Å². The van der Waals surface area contributed by atoms with Crippen LogP contribution in [0.15, 0.2) is 48.9 Å². The molecule has 10 heteroatoms. The summed E-state index contributed by atoms with van der Waals surface area (Å²) in [5, 5.41) is 20.8. The van der Waals surface area contributed by atoms with Crippen molar-refractivity contribution in [2.24, 2.45) is 0 Å². The van der Waals surface area contributed by atoms with Gasteiger partial charge in [-0.15, -0.1) is 5.10 Å². The Hall–Kier alpha value is -3.79. The summed E-state index contributed by atoms with van der Waals surface area (Å²) < 4.78 is 17.2. The highest BCUT2D eigenvalue weighted by Crippen LogP contribution is 2.25. The van der Waals surface area contributed by atoms with E-state index < -0.39 is 11.4 Å². The van der Waals surface area contributed by atoms with Crippen molar-refractivity contribution in [1.82, 2.24) is 24.4 Å². The Morgan fingerprint density at radius 1 is 1.27 bits per heavy atom. The Bertz CT molecular complexity index is 1240. The lowest BCUT2D eigenvalue weighted by Crippen LogP contribution is -2.20. The molecule has 154 valence electrons. The van der Waals surface area contributed by atoms with Crippen molar-refractivity contribution in [3.8, 4) is 11.1 Å². The van der Waals surface area contributed by atoms with Crippen molar-refractivity contribution in [2.75, 3.05) is 11.1 Å². The zero-order valence-corrected chi connectivity index (χ0v) is 16.4. The number of pyridine rings is 1. The number of hydrogen-bond donors (Lipinski definition) is 3. The minimum Gasteiger partial charge on any atom is -0.386 e. The van der Waals surface area contributed by atoms with Gasteiger partial charge in [-0.2, -0.15) is 10.1 Å². The Morgan fingerprint density at radius 3 is 2.80 bits per heavy atom. The SMILES string of the molecule is CC(C)(O)c1ccc(NC(=O)Cn2cc(-c3ccn4nc(N)nc4c3)cn2)cc1F. The van der Waals surface area contributed by atoms with E-state index in [0.717, 1.165) is 11.1 Å². The van der Waals surface area contributed by atoms with E-state index in [2.05, 4.69) is 20.5 Å². The minimum absolute atomic E-state index is 0.0466. The molecule has 3 heterocycles. The number of anilines is 2. The molecule has 1 aromatic carbocycles.